The van der Waals surface area contributed by atoms with Crippen LogP contribution >= 0.6 is 0 Å². The number of alkyl halides is 3. The van der Waals surface area contributed by atoms with Gasteiger partial charge in [0.1, 0.15) is 11.6 Å². The van der Waals surface area contributed by atoms with Gasteiger partial charge in [0.2, 0.25) is 5.91 Å². The summed E-state index contributed by atoms with van der Waals surface area (Å²) in [5, 5.41) is 5.48. The first-order chi connectivity index (χ1) is 10.2. The SMILES string of the molecule is CNC(=O)NCC(=O)NC(c1c(F)cccc1F)C(F)(F)F. The van der Waals surface area contributed by atoms with Gasteiger partial charge in [0, 0.05) is 7.05 Å². The van der Waals surface area contributed by atoms with Crippen molar-refractivity contribution in [3.8, 4) is 0 Å². The standard InChI is InChI=1S/C12H12F5N3O2/c1-18-11(22)19-5-8(21)20-10(12(15,16)17)9-6(13)3-2-4-7(9)14/h2-4,10H,5H2,1H3,(H,20,21)(H2,18,19,22). The fourth-order valence-corrected chi connectivity index (χ4v) is 1.57. The highest BCUT2D eigenvalue weighted by atomic mass is 19.4. The normalized spacial score (nSPS) is 12.5. The second-order valence-electron chi connectivity index (χ2n) is 4.11. The Hall–Kier alpha value is -2.39. The summed E-state index contributed by atoms with van der Waals surface area (Å²) < 4.78 is 65.8. The molecular formula is C12H12F5N3O2. The third-order valence-electron chi connectivity index (χ3n) is 2.56. The second-order valence-corrected chi connectivity index (χ2v) is 4.11. The minimum absolute atomic E-state index is 0.645. The molecular weight excluding hydrogens is 313 g/mol. The fourth-order valence-electron chi connectivity index (χ4n) is 1.57. The van der Waals surface area contributed by atoms with E-state index in [4.69, 9.17) is 0 Å². The van der Waals surface area contributed by atoms with Crippen LogP contribution in [0, 0.1) is 11.6 Å². The summed E-state index contributed by atoms with van der Waals surface area (Å²) >= 11 is 0. The molecule has 1 unspecified atom stereocenters. The molecule has 0 aliphatic heterocycles. The van der Waals surface area contributed by atoms with Gasteiger partial charge in [-0.05, 0) is 12.1 Å². The van der Waals surface area contributed by atoms with Crippen molar-refractivity contribution in [2.75, 3.05) is 13.6 Å². The van der Waals surface area contributed by atoms with E-state index in [0.717, 1.165) is 6.07 Å². The zero-order valence-electron chi connectivity index (χ0n) is 11.2. The molecule has 5 nitrogen and oxygen atoms in total. The fraction of sp³-hybridized carbons (Fsp3) is 0.333. The van der Waals surface area contributed by atoms with Crippen LogP contribution in [0.25, 0.3) is 0 Å². The average molecular weight is 325 g/mol. The topological polar surface area (TPSA) is 70.2 Å². The molecule has 10 heteroatoms. The van der Waals surface area contributed by atoms with E-state index in [1.54, 1.807) is 0 Å². The number of halogens is 5. The number of carbonyl (C=O) groups is 2. The van der Waals surface area contributed by atoms with Crippen LogP contribution in [0.5, 0.6) is 0 Å². The Balaban J connectivity index is 2.96. The molecule has 0 radical (unpaired) electrons. The van der Waals surface area contributed by atoms with Crippen LogP contribution < -0.4 is 16.0 Å². The molecule has 1 aromatic rings. The molecule has 0 aliphatic rings. The second kappa shape index (κ2) is 7.05. The Kier molecular flexibility index (Phi) is 5.66. The van der Waals surface area contributed by atoms with E-state index in [0.29, 0.717) is 12.1 Å². The van der Waals surface area contributed by atoms with Crippen LogP contribution in [0.3, 0.4) is 0 Å². The minimum atomic E-state index is -5.12. The van der Waals surface area contributed by atoms with E-state index in [2.05, 4.69) is 5.32 Å². The van der Waals surface area contributed by atoms with Crippen molar-refractivity contribution < 1.29 is 31.5 Å². The maximum atomic E-state index is 13.5. The Morgan fingerprint density at radius 3 is 2.18 bits per heavy atom. The molecule has 1 rings (SSSR count). The van der Waals surface area contributed by atoms with Gasteiger partial charge in [-0.15, -0.1) is 0 Å². The van der Waals surface area contributed by atoms with Crippen LogP contribution in [0.4, 0.5) is 26.7 Å². The zero-order valence-corrected chi connectivity index (χ0v) is 11.2. The minimum Gasteiger partial charge on any atom is -0.341 e. The molecule has 0 aliphatic carbocycles. The van der Waals surface area contributed by atoms with Gasteiger partial charge in [0.05, 0.1) is 12.1 Å². The number of urea groups is 1. The predicted octanol–water partition coefficient (Wildman–Crippen LogP) is 1.61. The third kappa shape index (κ3) is 4.57. The molecule has 0 aromatic heterocycles. The molecule has 0 saturated carbocycles. The maximum Gasteiger partial charge on any atom is 0.413 e. The highest BCUT2D eigenvalue weighted by Gasteiger charge is 2.44. The van der Waals surface area contributed by atoms with Crippen molar-refractivity contribution in [2.24, 2.45) is 0 Å². The van der Waals surface area contributed by atoms with Crippen molar-refractivity contribution in [1.29, 1.82) is 0 Å². The van der Waals surface area contributed by atoms with Crippen molar-refractivity contribution in [2.45, 2.75) is 12.2 Å². The Morgan fingerprint density at radius 1 is 1.18 bits per heavy atom. The van der Waals surface area contributed by atoms with Gasteiger partial charge in [0.25, 0.3) is 0 Å². The monoisotopic (exact) mass is 325 g/mol. The van der Waals surface area contributed by atoms with Crippen LogP contribution in [0.15, 0.2) is 18.2 Å². The molecule has 3 amide bonds. The lowest BCUT2D eigenvalue weighted by Gasteiger charge is -2.23. The molecule has 0 bridgehead atoms. The van der Waals surface area contributed by atoms with E-state index in [9.17, 15) is 31.5 Å². The lowest BCUT2D eigenvalue weighted by molar-refractivity contribution is -0.164. The Labute approximate surface area is 121 Å². The van der Waals surface area contributed by atoms with Crippen molar-refractivity contribution in [1.82, 2.24) is 16.0 Å². The summed E-state index contributed by atoms with van der Waals surface area (Å²) in [7, 11) is 1.24. The molecule has 3 N–H and O–H groups in total. The quantitative estimate of drug-likeness (QED) is 0.736. The Morgan fingerprint density at radius 2 is 1.73 bits per heavy atom. The molecule has 1 aromatic carbocycles. The lowest BCUT2D eigenvalue weighted by atomic mass is 10.0. The Bertz CT molecular complexity index is 542. The van der Waals surface area contributed by atoms with Crippen molar-refractivity contribution in [3.63, 3.8) is 0 Å². The number of rotatable bonds is 4. The molecule has 0 heterocycles. The number of amides is 3. The first kappa shape index (κ1) is 17.7. The van der Waals surface area contributed by atoms with Crippen LogP contribution in [-0.2, 0) is 4.79 Å². The van der Waals surface area contributed by atoms with Gasteiger partial charge >= 0.3 is 12.2 Å². The van der Waals surface area contributed by atoms with Gasteiger partial charge in [-0.3, -0.25) is 4.79 Å². The summed E-state index contributed by atoms with van der Waals surface area (Å²) in [6, 6.07) is -1.47. The first-order valence-electron chi connectivity index (χ1n) is 5.92. The lowest BCUT2D eigenvalue weighted by Crippen LogP contribution is -2.45. The zero-order chi connectivity index (χ0) is 16.9. The summed E-state index contributed by atoms with van der Waals surface area (Å²) in [5.41, 5.74) is -1.32. The largest absolute Gasteiger partial charge is 0.413 e. The maximum absolute atomic E-state index is 13.5. The van der Waals surface area contributed by atoms with Crippen molar-refractivity contribution in [3.05, 3.63) is 35.4 Å². The average Bonchev–Trinajstić information content (AvgIpc) is 2.42. The number of benzene rings is 1. The highest BCUT2D eigenvalue weighted by molar-refractivity contribution is 5.84. The van der Waals surface area contributed by atoms with E-state index in [1.807, 2.05) is 5.32 Å². The molecule has 0 spiro atoms. The predicted molar refractivity (Wildman–Crippen MR) is 65.8 cm³/mol. The van der Waals surface area contributed by atoms with Crippen LogP contribution in [-0.4, -0.2) is 31.7 Å². The van der Waals surface area contributed by atoms with Crippen LogP contribution in [0.2, 0.25) is 0 Å². The molecule has 1 atom stereocenters. The smallest absolute Gasteiger partial charge is 0.341 e. The van der Waals surface area contributed by atoms with Crippen LogP contribution in [0.1, 0.15) is 11.6 Å². The molecule has 22 heavy (non-hydrogen) atoms. The first-order valence-corrected chi connectivity index (χ1v) is 5.92. The molecule has 0 saturated heterocycles. The van der Waals surface area contributed by atoms with E-state index in [-0.39, 0.29) is 0 Å². The van der Waals surface area contributed by atoms with Crippen molar-refractivity contribution >= 4 is 11.9 Å². The van der Waals surface area contributed by atoms with Gasteiger partial charge in [-0.2, -0.15) is 13.2 Å². The molecule has 0 fully saturated rings. The third-order valence-corrected chi connectivity index (χ3v) is 2.56. The summed E-state index contributed by atoms with van der Waals surface area (Å²) in [6.45, 7) is -0.789. The van der Waals surface area contributed by atoms with Gasteiger partial charge in [-0.1, -0.05) is 6.07 Å². The van der Waals surface area contributed by atoms with E-state index < -0.39 is 47.9 Å². The van der Waals surface area contributed by atoms with Gasteiger partial charge in [-0.25, -0.2) is 13.6 Å². The van der Waals surface area contributed by atoms with Gasteiger partial charge < -0.3 is 16.0 Å². The summed E-state index contributed by atoms with van der Waals surface area (Å²) in [5.74, 6) is -4.14. The molecule has 122 valence electrons. The summed E-state index contributed by atoms with van der Waals surface area (Å²) in [4.78, 5) is 22.3. The summed E-state index contributed by atoms with van der Waals surface area (Å²) in [6.07, 6.45) is -5.12. The van der Waals surface area contributed by atoms with E-state index >= 15 is 0 Å². The number of hydrogen-bond acceptors (Lipinski definition) is 2. The highest BCUT2D eigenvalue weighted by Crippen LogP contribution is 2.35. The van der Waals surface area contributed by atoms with Gasteiger partial charge in [0.15, 0.2) is 6.04 Å². The number of carbonyl (C=O) groups excluding carboxylic acids is 2. The van der Waals surface area contributed by atoms with E-state index in [1.165, 1.54) is 12.4 Å². The number of nitrogens with one attached hydrogen (secondary N) is 3. The number of hydrogen-bond donors (Lipinski definition) is 3.